The van der Waals surface area contributed by atoms with Crippen molar-refractivity contribution in [1.82, 2.24) is 4.90 Å². The van der Waals surface area contributed by atoms with Crippen molar-refractivity contribution < 1.29 is 9.59 Å². The molecule has 136 valence electrons. The summed E-state index contributed by atoms with van der Waals surface area (Å²) < 4.78 is 0. The van der Waals surface area contributed by atoms with Gasteiger partial charge in [0.25, 0.3) is 0 Å². The van der Waals surface area contributed by atoms with Crippen LogP contribution in [0.5, 0.6) is 0 Å². The standard InChI is InChI=1S/C21H24N2O2S/c1-26-20-12-6-5-11-18(20)22-21(25)23-13-7-10-17(15-23)19(24)14-16-8-3-2-4-9-16/h2-6,8-9,11-12,17H,7,10,13-15H2,1H3,(H,22,25)/t17-/m1/s1. The Kier molecular flexibility index (Phi) is 6.34. The van der Waals surface area contributed by atoms with Crippen molar-refractivity contribution in [3.8, 4) is 0 Å². The summed E-state index contributed by atoms with van der Waals surface area (Å²) in [4.78, 5) is 28.1. The van der Waals surface area contributed by atoms with Gasteiger partial charge in [0.1, 0.15) is 5.78 Å². The predicted molar refractivity (Wildman–Crippen MR) is 107 cm³/mol. The van der Waals surface area contributed by atoms with E-state index in [1.807, 2.05) is 60.9 Å². The van der Waals surface area contributed by atoms with Crippen LogP contribution in [0.4, 0.5) is 10.5 Å². The van der Waals surface area contributed by atoms with Crippen molar-refractivity contribution in [2.45, 2.75) is 24.2 Å². The maximum absolute atomic E-state index is 12.7. The lowest BCUT2D eigenvalue weighted by Gasteiger charge is -2.32. The molecule has 1 aliphatic heterocycles. The van der Waals surface area contributed by atoms with Crippen LogP contribution in [-0.2, 0) is 11.2 Å². The van der Waals surface area contributed by atoms with Gasteiger partial charge in [0, 0.05) is 30.3 Å². The molecule has 0 unspecified atom stereocenters. The number of Topliss-reactive ketones (excluding diaryl/α,β-unsaturated/α-hetero) is 1. The number of nitrogens with one attached hydrogen (secondary N) is 1. The van der Waals surface area contributed by atoms with E-state index in [4.69, 9.17) is 0 Å². The highest BCUT2D eigenvalue weighted by atomic mass is 32.2. The van der Waals surface area contributed by atoms with Crippen molar-refractivity contribution in [1.29, 1.82) is 0 Å². The number of piperidine rings is 1. The number of urea groups is 1. The van der Waals surface area contributed by atoms with E-state index >= 15 is 0 Å². The molecular weight excluding hydrogens is 344 g/mol. The third kappa shape index (κ3) is 4.67. The van der Waals surface area contributed by atoms with Gasteiger partial charge < -0.3 is 10.2 Å². The second-order valence-corrected chi connectivity index (χ2v) is 7.39. The van der Waals surface area contributed by atoms with E-state index in [1.165, 1.54) is 0 Å². The zero-order valence-corrected chi connectivity index (χ0v) is 15.8. The zero-order chi connectivity index (χ0) is 18.4. The molecule has 26 heavy (non-hydrogen) atoms. The number of anilines is 1. The first kappa shape index (κ1) is 18.5. The summed E-state index contributed by atoms with van der Waals surface area (Å²) in [5.41, 5.74) is 1.86. The average molecular weight is 369 g/mol. The number of amides is 2. The Morgan fingerprint density at radius 1 is 1.12 bits per heavy atom. The van der Waals surface area contributed by atoms with Crippen molar-refractivity contribution in [3.05, 3.63) is 60.2 Å². The largest absolute Gasteiger partial charge is 0.324 e. The number of ketones is 1. The molecule has 1 aliphatic rings. The molecule has 0 saturated carbocycles. The number of likely N-dealkylation sites (tertiary alicyclic amines) is 1. The summed E-state index contributed by atoms with van der Waals surface area (Å²) in [6, 6.07) is 17.5. The first-order chi connectivity index (χ1) is 12.7. The number of nitrogens with zero attached hydrogens (tertiary/aromatic N) is 1. The fourth-order valence-electron chi connectivity index (χ4n) is 3.31. The summed E-state index contributed by atoms with van der Waals surface area (Å²) in [5.74, 6) is 0.142. The lowest BCUT2D eigenvalue weighted by Crippen LogP contribution is -2.44. The fraction of sp³-hybridized carbons (Fsp3) is 0.333. The summed E-state index contributed by atoms with van der Waals surface area (Å²) >= 11 is 1.60. The van der Waals surface area contributed by atoms with Crippen LogP contribution in [0.1, 0.15) is 18.4 Å². The van der Waals surface area contributed by atoms with Crippen LogP contribution in [0.3, 0.4) is 0 Å². The maximum atomic E-state index is 12.7. The summed E-state index contributed by atoms with van der Waals surface area (Å²) in [7, 11) is 0. The molecule has 1 fully saturated rings. The summed E-state index contributed by atoms with van der Waals surface area (Å²) in [5, 5.41) is 3.00. The van der Waals surface area contributed by atoms with Gasteiger partial charge in [-0.05, 0) is 36.8 Å². The first-order valence-corrected chi connectivity index (χ1v) is 10.2. The minimum absolute atomic E-state index is 0.0782. The molecule has 1 heterocycles. The molecule has 1 atom stereocenters. The molecule has 0 aliphatic carbocycles. The van der Waals surface area contributed by atoms with Crippen LogP contribution in [0.15, 0.2) is 59.5 Å². The van der Waals surface area contributed by atoms with E-state index in [9.17, 15) is 9.59 Å². The van der Waals surface area contributed by atoms with Crippen LogP contribution in [-0.4, -0.2) is 36.1 Å². The highest BCUT2D eigenvalue weighted by molar-refractivity contribution is 7.98. The molecule has 2 amide bonds. The Morgan fingerprint density at radius 2 is 1.85 bits per heavy atom. The van der Waals surface area contributed by atoms with Crippen molar-refractivity contribution in [2.24, 2.45) is 5.92 Å². The van der Waals surface area contributed by atoms with Gasteiger partial charge in [-0.2, -0.15) is 0 Å². The maximum Gasteiger partial charge on any atom is 0.321 e. The number of hydrogen-bond donors (Lipinski definition) is 1. The number of carbonyl (C=O) groups excluding carboxylic acids is 2. The highest BCUT2D eigenvalue weighted by Gasteiger charge is 2.28. The number of thioether (sulfide) groups is 1. The Hall–Kier alpha value is -2.27. The number of benzene rings is 2. The van der Waals surface area contributed by atoms with Gasteiger partial charge in [-0.15, -0.1) is 11.8 Å². The van der Waals surface area contributed by atoms with Crippen LogP contribution in [0.2, 0.25) is 0 Å². The van der Waals surface area contributed by atoms with E-state index in [2.05, 4.69) is 5.32 Å². The molecule has 0 aromatic heterocycles. The number of rotatable bonds is 5. The molecule has 0 spiro atoms. The van der Waals surface area contributed by atoms with Crippen LogP contribution >= 0.6 is 11.8 Å². The molecule has 0 bridgehead atoms. The first-order valence-electron chi connectivity index (χ1n) is 8.93. The van der Waals surface area contributed by atoms with Gasteiger partial charge >= 0.3 is 6.03 Å². The summed E-state index contributed by atoms with van der Waals surface area (Å²) in [6.07, 6.45) is 4.15. The normalized spacial score (nSPS) is 17.0. The third-order valence-corrected chi connectivity index (χ3v) is 5.53. The van der Waals surface area contributed by atoms with Crippen LogP contribution in [0, 0.1) is 5.92 Å². The van der Waals surface area contributed by atoms with Crippen molar-refractivity contribution >= 4 is 29.3 Å². The number of hydrogen-bond acceptors (Lipinski definition) is 3. The summed E-state index contributed by atoms with van der Waals surface area (Å²) in [6.45, 7) is 1.20. The average Bonchev–Trinajstić information content (AvgIpc) is 2.69. The van der Waals surface area contributed by atoms with Gasteiger partial charge in [0.15, 0.2) is 0 Å². The molecule has 5 heteroatoms. The minimum atomic E-state index is -0.122. The van der Waals surface area contributed by atoms with E-state index in [0.717, 1.165) is 29.0 Å². The Labute approximate surface area is 159 Å². The van der Waals surface area contributed by atoms with Crippen LogP contribution in [0.25, 0.3) is 0 Å². The van der Waals surface area contributed by atoms with Gasteiger partial charge in [-0.3, -0.25) is 4.79 Å². The Morgan fingerprint density at radius 3 is 2.62 bits per heavy atom. The Balaban J connectivity index is 1.60. The lowest BCUT2D eigenvalue weighted by atomic mass is 9.90. The number of para-hydroxylation sites is 1. The van der Waals surface area contributed by atoms with E-state index in [-0.39, 0.29) is 17.7 Å². The molecule has 1 N–H and O–H groups in total. The number of carbonyl (C=O) groups is 2. The highest BCUT2D eigenvalue weighted by Crippen LogP contribution is 2.26. The predicted octanol–water partition coefficient (Wildman–Crippen LogP) is 4.46. The minimum Gasteiger partial charge on any atom is -0.324 e. The molecular formula is C21H24N2O2S. The zero-order valence-electron chi connectivity index (χ0n) is 15.0. The van der Waals surface area contributed by atoms with E-state index in [1.54, 1.807) is 16.7 Å². The van der Waals surface area contributed by atoms with Gasteiger partial charge in [-0.25, -0.2) is 4.79 Å². The Bertz CT molecular complexity index is 764. The van der Waals surface area contributed by atoms with E-state index < -0.39 is 0 Å². The second kappa shape index (κ2) is 8.90. The smallest absolute Gasteiger partial charge is 0.321 e. The van der Waals surface area contributed by atoms with Crippen molar-refractivity contribution in [2.75, 3.05) is 24.7 Å². The molecule has 1 saturated heterocycles. The monoisotopic (exact) mass is 368 g/mol. The van der Waals surface area contributed by atoms with Gasteiger partial charge in [0.2, 0.25) is 0 Å². The molecule has 2 aromatic carbocycles. The van der Waals surface area contributed by atoms with Gasteiger partial charge in [0.05, 0.1) is 5.69 Å². The topological polar surface area (TPSA) is 49.4 Å². The van der Waals surface area contributed by atoms with Crippen molar-refractivity contribution in [3.63, 3.8) is 0 Å². The fourth-order valence-corrected chi connectivity index (χ4v) is 3.86. The molecule has 3 rings (SSSR count). The quantitative estimate of drug-likeness (QED) is 0.793. The third-order valence-electron chi connectivity index (χ3n) is 4.73. The lowest BCUT2D eigenvalue weighted by molar-refractivity contribution is -0.123. The van der Waals surface area contributed by atoms with E-state index in [0.29, 0.717) is 19.5 Å². The van der Waals surface area contributed by atoms with Gasteiger partial charge in [-0.1, -0.05) is 42.5 Å². The molecule has 2 aromatic rings. The SMILES string of the molecule is CSc1ccccc1NC(=O)N1CCC[C@@H](C(=O)Cc2ccccc2)C1. The molecule has 4 nitrogen and oxygen atoms in total. The van der Waals surface area contributed by atoms with Crippen LogP contribution < -0.4 is 5.32 Å². The molecule has 0 radical (unpaired) electrons. The second-order valence-electron chi connectivity index (χ2n) is 6.54.